The third-order valence-corrected chi connectivity index (χ3v) is 5.32. The summed E-state index contributed by atoms with van der Waals surface area (Å²) in [7, 11) is 1.71. The van der Waals surface area contributed by atoms with Crippen LogP contribution in [0.3, 0.4) is 0 Å². The van der Waals surface area contributed by atoms with Crippen molar-refractivity contribution in [2.75, 3.05) is 26.7 Å². The molecule has 1 aromatic carbocycles. The molecule has 0 aliphatic carbocycles. The predicted octanol–water partition coefficient (Wildman–Crippen LogP) is 2.58. The Morgan fingerprint density at radius 1 is 1.25 bits per heavy atom. The van der Waals surface area contributed by atoms with E-state index < -0.39 is 0 Å². The first kappa shape index (κ1) is 20.3. The fourth-order valence-electron chi connectivity index (χ4n) is 3.80. The minimum Gasteiger partial charge on any atom is -0.496 e. The molecule has 1 aliphatic heterocycles. The third-order valence-electron chi connectivity index (χ3n) is 5.32. The largest absolute Gasteiger partial charge is 0.496 e. The Bertz CT molecular complexity index is 766. The Morgan fingerprint density at radius 2 is 2.07 bits per heavy atom. The Hall–Kier alpha value is -2.44. The predicted molar refractivity (Wildman–Crippen MR) is 111 cm³/mol. The second kappa shape index (κ2) is 10.2. The van der Waals surface area contributed by atoms with Crippen molar-refractivity contribution >= 4 is 5.91 Å². The molecular formula is C22H30N4O2. The zero-order chi connectivity index (χ0) is 19.8. The molecule has 0 saturated carbocycles. The summed E-state index contributed by atoms with van der Waals surface area (Å²) in [5, 5.41) is 3.04. The molecule has 2 heterocycles. The molecule has 150 valence electrons. The summed E-state index contributed by atoms with van der Waals surface area (Å²) in [6.07, 6.45) is 7.47. The minimum absolute atomic E-state index is 0.0327. The van der Waals surface area contributed by atoms with E-state index in [1.807, 2.05) is 30.6 Å². The van der Waals surface area contributed by atoms with Crippen LogP contribution in [0.15, 0.2) is 42.7 Å². The van der Waals surface area contributed by atoms with Gasteiger partial charge in [0, 0.05) is 50.1 Å². The van der Waals surface area contributed by atoms with E-state index in [2.05, 4.69) is 27.3 Å². The highest BCUT2D eigenvalue weighted by Crippen LogP contribution is 2.29. The molecule has 1 atom stereocenters. The van der Waals surface area contributed by atoms with Gasteiger partial charge in [-0.25, -0.2) is 0 Å². The van der Waals surface area contributed by atoms with Crippen molar-refractivity contribution in [3.05, 3.63) is 48.3 Å². The number of hydrogen-bond donors (Lipinski definition) is 2. The number of piperidine rings is 1. The van der Waals surface area contributed by atoms with Crippen LogP contribution in [0.25, 0.3) is 11.1 Å². The van der Waals surface area contributed by atoms with E-state index in [1.54, 1.807) is 7.11 Å². The van der Waals surface area contributed by atoms with E-state index in [-0.39, 0.29) is 5.91 Å². The van der Waals surface area contributed by atoms with Crippen LogP contribution in [0.2, 0.25) is 0 Å². The summed E-state index contributed by atoms with van der Waals surface area (Å²) in [6, 6.07) is 10.7. The first-order valence-corrected chi connectivity index (χ1v) is 9.99. The van der Waals surface area contributed by atoms with E-state index in [0.29, 0.717) is 25.6 Å². The molecule has 28 heavy (non-hydrogen) atoms. The van der Waals surface area contributed by atoms with Crippen molar-refractivity contribution in [3.63, 3.8) is 0 Å². The average Bonchev–Trinajstić information content (AvgIpc) is 2.74. The van der Waals surface area contributed by atoms with Gasteiger partial charge in [-0.3, -0.25) is 14.7 Å². The number of pyridine rings is 1. The highest BCUT2D eigenvalue weighted by atomic mass is 16.5. The maximum Gasteiger partial charge on any atom is 0.221 e. The number of amides is 1. The quantitative estimate of drug-likeness (QED) is 0.733. The summed E-state index contributed by atoms with van der Waals surface area (Å²) in [6.45, 7) is 2.89. The number of hydrogen-bond acceptors (Lipinski definition) is 5. The van der Waals surface area contributed by atoms with Gasteiger partial charge in [-0.1, -0.05) is 12.5 Å². The molecule has 0 bridgehead atoms. The SMILES string of the molecule is COc1ccc(-c2ccncc2)cc1CN1CCCCC1CNC(=O)CCN. The molecule has 6 nitrogen and oxygen atoms in total. The van der Waals surface area contributed by atoms with Gasteiger partial charge in [0.2, 0.25) is 5.91 Å². The van der Waals surface area contributed by atoms with Crippen molar-refractivity contribution < 1.29 is 9.53 Å². The zero-order valence-corrected chi connectivity index (χ0v) is 16.6. The molecule has 1 fully saturated rings. The van der Waals surface area contributed by atoms with Crippen LogP contribution in [-0.2, 0) is 11.3 Å². The maximum atomic E-state index is 11.8. The van der Waals surface area contributed by atoms with Crippen LogP contribution in [-0.4, -0.2) is 48.6 Å². The Kier molecular flexibility index (Phi) is 7.39. The second-order valence-electron chi connectivity index (χ2n) is 7.23. The lowest BCUT2D eigenvalue weighted by Crippen LogP contribution is -2.46. The number of rotatable bonds is 8. The fourth-order valence-corrected chi connectivity index (χ4v) is 3.80. The van der Waals surface area contributed by atoms with Gasteiger partial charge in [-0.05, 0) is 54.8 Å². The van der Waals surface area contributed by atoms with Gasteiger partial charge in [0.15, 0.2) is 0 Å². The lowest BCUT2D eigenvalue weighted by Gasteiger charge is -2.36. The van der Waals surface area contributed by atoms with Gasteiger partial charge >= 0.3 is 0 Å². The van der Waals surface area contributed by atoms with Crippen molar-refractivity contribution in [2.24, 2.45) is 5.73 Å². The third kappa shape index (κ3) is 5.30. The molecule has 0 radical (unpaired) electrons. The highest BCUT2D eigenvalue weighted by molar-refractivity contribution is 5.76. The van der Waals surface area contributed by atoms with Gasteiger partial charge in [0.05, 0.1) is 7.11 Å². The molecule has 3 N–H and O–H groups in total. The second-order valence-corrected chi connectivity index (χ2v) is 7.23. The molecule has 0 spiro atoms. The summed E-state index contributed by atoms with van der Waals surface area (Å²) in [5.74, 6) is 0.930. The van der Waals surface area contributed by atoms with Crippen molar-refractivity contribution in [1.29, 1.82) is 0 Å². The van der Waals surface area contributed by atoms with Crippen molar-refractivity contribution in [1.82, 2.24) is 15.2 Å². The number of carbonyl (C=O) groups is 1. The minimum atomic E-state index is 0.0327. The molecule has 1 unspecified atom stereocenters. The van der Waals surface area contributed by atoms with Gasteiger partial charge < -0.3 is 15.8 Å². The van der Waals surface area contributed by atoms with E-state index in [0.717, 1.165) is 42.0 Å². The number of benzene rings is 1. The van der Waals surface area contributed by atoms with E-state index in [4.69, 9.17) is 10.5 Å². The number of nitrogens with two attached hydrogens (primary N) is 1. The van der Waals surface area contributed by atoms with E-state index in [9.17, 15) is 4.79 Å². The van der Waals surface area contributed by atoms with E-state index in [1.165, 1.54) is 12.8 Å². The first-order valence-electron chi connectivity index (χ1n) is 9.99. The number of nitrogens with zero attached hydrogens (tertiary/aromatic N) is 2. The topological polar surface area (TPSA) is 80.5 Å². The Morgan fingerprint density at radius 3 is 2.82 bits per heavy atom. The normalized spacial score (nSPS) is 17.3. The molecular weight excluding hydrogens is 352 g/mol. The van der Waals surface area contributed by atoms with Crippen LogP contribution >= 0.6 is 0 Å². The van der Waals surface area contributed by atoms with Crippen LogP contribution < -0.4 is 15.8 Å². The lowest BCUT2D eigenvalue weighted by molar-refractivity contribution is -0.121. The molecule has 1 aromatic heterocycles. The summed E-state index contributed by atoms with van der Waals surface area (Å²) in [5.41, 5.74) is 8.93. The van der Waals surface area contributed by atoms with Gasteiger partial charge in [-0.2, -0.15) is 0 Å². The number of ether oxygens (including phenoxy) is 1. The fraction of sp³-hybridized carbons (Fsp3) is 0.455. The molecule has 1 saturated heterocycles. The van der Waals surface area contributed by atoms with Crippen LogP contribution in [0.5, 0.6) is 5.75 Å². The van der Waals surface area contributed by atoms with Crippen LogP contribution in [0.1, 0.15) is 31.2 Å². The Balaban J connectivity index is 1.75. The summed E-state index contributed by atoms with van der Waals surface area (Å²) in [4.78, 5) is 18.4. The summed E-state index contributed by atoms with van der Waals surface area (Å²) < 4.78 is 5.62. The Labute approximate surface area is 167 Å². The number of carbonyl (C=O) groups excluding carboxylic acids is 1. The molecule has 1 amide bonds. The number of likely N-dealkylation sites (tertiary alicyclic amines) is 1. The molecule has 2 aromatic rings. The van der Waals surface area contributed by atoms with Crippen molar-refractivity contribution in [3.8, 4) is 16.9 Å². The van der Waals surface area contributed by atoms with Gasteiger partial charge in [0.1, 0.15) is 5.75 Å². The zero-order valence-electron chi connectivity index (χ0n) is 16.6. The summed E-state index contributed by atoms with van der Waals surface area (Å²) >= 11 is 0. The standard InChI is InChI=1S/C22H30N4O2/c1-28-21-6-5-18(17-8-11-24-12-9-17)14-19(21)16-26-13-3-2-4-20(26)15-25-22(27)7-10-23/h5-6,8-9,11-12,14,20H,2-4,7,10,13,15-16,23H2,1H3,(H,25,27). The number of nitrogens with one attached hydrogen (secondary N) is 1. The lowest BCUT2D eigenvalue weighted by atomic mass is 9.99. The van der Waals surface area contributed by atoms with Gasteiger partial charge in [-0.15, -0.1) is 0 Å². The van der Waals surface area contributed by atoms with Gasteiger partial charge in [0.25, 0.3) is 0 Å². The smallest absolute Gasteiger partial charge is 0.221 e. The number of methoxy groups -OCH3 is 1. The monoisotopic (exact) mass is 382 g/mol. The van der Waals surface area contributed by atoms with E-state index >= 15 is 0 Å². The maximum absolute atomic E-state index is 11.8. The first-order chi connectivity index (χ1) is 13.7. The highest BCUT2D eigenvalue weighted by Gasteiger charge is 2.24. The van der Waals surface area contributed by atoms with Crippen LogP contribution in [0.4, 0.5) is 0 Å². The van der Waals surface area contributed by atoms with Crippen LogP contribution in [0, 0.1) is 0 Å². The number of aromatic nitrogens is 1. The molecule has 1 aliphatic rings. The molecule has 6 heteroatoms. The molecule has 3 rings (SSSR count). The average molecular weight is 383 g/mol. The van der Waals surface area contributed by atoms with Crippen molar-refractivity contribution in [2.45, 2.75) is 38.3 Å².